The van der Waals surface area contributed by atoms with Gasteiger partial charge in [0.05, 0.1) is 4.90 Å². The number of hydrogen-bond donors (Lipinski definition) is 2. The first kappa shape index (κ1) is 33.3. The number of benzene rings is 1. The Bertz CT molecular complexity index is 458. The number of rotatable bonds is 11. The van der Waals surface area contributed by atoms with E-state index in [0.717, 1.165) is 6.42 Å². The van der Waals surface area contributed by atoms with Gasteiger partial charge in [0.15, 0.2) is 0 Å². The molecule has 6 N–H and O–H groups in total. The van der Waals surface area contributed by atoms with Crippen LogP contribution in [0.3, 0.4) is 0 Å². The quantitative estimate of drug-likeness (QED) is 0.318. The Morgan fingerprint density at radius 3 is 1.46 bits per heavy atom. The van der Waals surface area contributed by atoms with Gasteiger partial charge < -0.3 is 16.1 Å². The van der Waals surface area contributed by atoms with E-state index < -0.39 is 10.1 Å². The van der Waals surface area contributed by atoms with Crippen molar-refractivity contribution in [3.63, 3.8) is 0 Å². The van der Waals surface area contributed by atoms with E-state index >= 15 is 0 Å². The van der Waals surface area contributed by atoms with Gasteiger partial charge in [0.1, 0.15) is 0 Å². The summed E-state index contributed by atoms with van der Waals surface area (Å²) in [5, 5.41) is 8.57. The summed E-state index contributed by atoms with van der Waals surface area (Å²) in [5.41, 5.74) is 0. The second-order valence-electron chi connectivity index (χ2n) is 5.69. The van der Waals surface area contributed by atoms with Crippen molar-refractivity contribution in [1.82, 2.24) is 0 Å². The first-order chi connectivity index (χ1) is 11.0. The fourth-order valence-electron chi connectivity index (χ4n) is 2.19. The molecule has 0 unspecified atom stereocenters. The largest absolute Gasteiger partial charge is 0.412 e. The molecule has 26 heavy (non-hydrogen) atoms. The molecule has 0 aliphatic heterocycles. The molecule has 6 nitrogen and oxygen atoms in total. The summed E-state index contributed by atoms with van der Waals surface area (Å²) in [6.07, 6.45) is 13.3. The van der Waals surface area contributed by atoms with E-state index in [0.29, 0.717) is 6.61 Å². The summed E-state index contributed by atoms with van der Waals surface area (Å²) in [6, 6.07) is 7.42. The minimum Gasteiger partial charge on any atom is -0.412 e. The summed E-state index contributed by atoms with van der Waals surface area (Å²) in [4.78, 5) is -0.0741. The fraction of sp³-hybridized carbons (Fsp3) is 0.667. The van der Waals surface area contributed by atoms with Gasteiger partial charge in [0, 0.05) is 28.3 Å². The second-order valence-corrected chi connectivity index (χ2v) is 7.12. The predicted molar refractivity (Wildman–Crippen MR) is 102 cm³/mol. The van der Waals surface area contributed by atoms with E-state index in [1.165, 1.54) is 69.9 Å². The van der Waals surface area contributed by atoms with E-state index in [-0.39, 0.29) is 37.6 Å². The number of unbranched alkanes of at least 4 members (excludes halogenated alkanes) is 9. The summed E-state index contributed by atoms with van der Waals surface area (Å²) in [6.45, 7) is 2.63. The molecule has 0 radical (unpaired) electrons. The van der Waals surface area contributed by atoms with Crippen LogP contribution < -0.4 is 0 Å². The number of aliphatic hydroxyl groups excluding tert-OH is 1. The number of aliphatic hydroxyl groups is 1. The second kappa shape index (κ2) is 22.8. The third kappa shape index (κ3) is 21.8. The topological polar surface area (TPSA) is 138 Å². The van der Waals surface area contributed by atoms with Crippen LogP contribution >= 0.6 is 0 Å². The molecule has 0 amide bonds. The first-order valence-corrected chi connectivity index (χ1v) is 10.1. The van der Waals surface area contributed by atoms with E-state index in [4.69, 9.17) is 9.66 Å². The van der Waals surface area contributed by atoms with Crippen LogP contribution in [0, 0.1) is 0 Å². The zero-order chi connectivity index (χ0) is 17.4. The minimum atomic E-state index is -4.00. The molecule has 0 aromatic heterocycles. The Morgan fingerprint density at radius 1 is 0.769 bits per heavy atom. The molecule has 0 fully saturated rings. The Hall–Kier alpha value is -0.276. The molecule has 0 bridgehead atoms. The molecule has 0 atom stereocenters. The van der Waals surface area contributed by atoms with Crippen molar-refractivity contribution < 1.29 is 50.7 Å². The molecule has 0 aliphatic carbocycles. The normalized spacial score (nSPS) is 9.65. The van der Waals surface area contributed by atoms with Gasteiger partial charge in [0.2, 0.25) is 0 Å². The maximum atomic E-state index is 10.4. The van der Waals surface area contributed by atoms with E-state index in [2.05, 4.69) is 6.92 Å². The Kier molecular flexibility index (Phi) is 29.2. The average Bonchev–Trinajstić information content (AvgIpc) is 2.54. The monoisotopic (exact) mass is 428 g/mol. The van der Waals surface area contributed by atoms with Gasteiger partial charge in [-0.15, -0.1) is 0 Å². The molecule has 8 heteroatoms. The third-order valence-electron chi connectivity index (χ3n) is 3.55. The van der Waals surface area contributed by atoms with Gasteiger partial charge >= 0.3 is 0 Å². The van der Waals surface area contributed by atoms with Crippen LogP contribution in [0.4, 0.5) is 0 Å². The summed E-state index contributed by atoms with van der Waals surface area (Å²) < 4.78 is 29.2. The van der Waals surface area contributed by atoms with Crippen LogP contribution in [0.2, 0.25) is 0 Å². The molecule has 0 heterocycles. The van der Waals surface area contributed by atoms with Gasteiger partial charge in [-0.25, -0.2) is 0 Å². The van der Waals surface area contributed by atoms with E-state index in [9.17, 15) is 8.42 Å². The first-order valence-electron chi connectivity index (χ1n) is 8.65. The molecule has 0 spiro atoms. The van der Waals surface area contributed by atoms with Crippen molar-refractivity contribution in [2.24, 2.45) is 0 Å². The van der Waals surface area contributed by atoms with Gasteiger partial charge in [-0.3, -0.25) is 4.55 Å². The maximum Gasteiger partial charge on any atom is 0.294 e. The number of hydrogen-bond acceptors (Lipinski definition) is 3. The van der Waals surface area contributed by atoms with E-state index in [1.54, 1.807) is 18.2 Å². The van der Waals surface area contributed by atoms with Crippen molar-refractivity contribution >= 4 is 10.1 Å². The zero-order valence-electron chi connectivity index (χ0n) is 15.8. The average molecular weight is 428 g/mol. The molecule has 154 valence electrons. The van der Waals surface area contributed by atoms with Crippen LogP contribution in [-0.2, 0) is 31.8 Å². The van der Waals surface area contributed by atoms with E-state index in [1.807, 2.05) is 0 Å². The van der Waals surface area contributed by atoms with Crippen molar-refractivity contribution in [1.29, 1.82) is 0 Å². The Labute approximate surface area is 173 Å². The molecule has 0 saturated heterocycles. The molecule has 1 aromatic carbocycles. The third-order valence-corrected chi connectivity index (χ3v) is 4.42. The SMILES string of the molecule is CCCCCCCCCCCCO.O.O.O=S(=O)(O)c1ccccc1.[Ti]. The molecule has 0 aliphatic rings. The van der Waals surface area contributed by atoms with Crippen molar-refractivity contribution in [3.05, 3.63) is 30.3 Å². The summed E-state index contributed by atoms with van der Waals surface area (Å²) >= 11 is 0. The zero-order valence-corrected chi connectivity index (χ0v) is 18.2. The summed E-state index contributed by atoms with van der Waals surface area (Å²) in [7, 11) is -4.00. The predicted octanol–water partition coefficient (Wildman–Crippen LogP) is 3.18. The fourth-order valence-corrected chi connectivity index (χ4v) is 2.69. The minimum absolute atomic E-state index is 0. The Morgan fingerprint density at radius 2 is 1.15 bits per heavy atom. The smallest absolute Gasteiger partial charge is 0.294 e. The molecular formula is C18H36O6STi. The van der Waals surface area contributed by atoms with Crippen LogP contribution in [0.25, 0.3) is 0 Å². The molecular weight excluding hydrogens is 392 g/mol. The van der Waals surface area contributed by atoms with Crippen LogP contribution in [0.15, 0.2) is 35.2 Å². The molecule has 1 aromatic rings. The van der Waals surface area contributed by atoms with Gasteiger partial charge in [-0.1, -0.05) is 82.9 Å². The summed E-state index contributed by atoms with van der Waals surface area (Å²) in [5.74, 6) is 0. The van der Waals surface area contributed by atoms with Crippen LogP contribution in [0.1, 0.15) is 71.1 Å². The maximum absolute atomic E-state index is 10.4. The van der Waals surface area contributed by atoms with Gasteiger partial charge in [-0.2, -0.15) is 8.42 Å². The van der Waals surface area contributed by atoms with Crippen molar-refractivity contribution in [3.8, 4) is 0 Å². The van der Waals surface area contributed by atoms with Crippen LogP contribution in [0.5, 0.6) is 0 Å². The van der Waals surface area contributed by atoms with Crippen molar-refractivity contribution in [2.45, 2.75) is 76.0 Å². The molecule has 1 rings (SSSR count). The van der Waals surface area contributed by atoms with Gasteiger partial charge in [0.25, 0.3) is 10.1 Å². The molecule has 0 saturated carbocycles. The Balaban J connectivity index is -0.000000170. The standard InChI is InChI=1S/C12H26O.C6H6O3S.2H2O.Ti/c1-2-3-4-5-6-7-8-9-10-11-12-13;7-10(8,9)6-4-2-1-3-5-6;;;/h13H,2-12H2,1H3;1-5H,(H,7,8,9);2*1H2;. The van der Waals surface area contributed by atoms with Crippen LogP contribution in [-0.4, -0.2) is 35.6 Å². The van der Waals surface area contributed by atoms with Crippen molar-refractivity contribution in [2.75, 3.05) is 6.61 Å². The van der Waals surface area contributed by atoms with Gasteiger partial charge in [-0.05, 0) is 18.6 Å².